The number of piperazine rings is 1. The summed E-state index contributed by atoms with van der Waals surface area (Å²) in [5.74, 6) is 1.01. The highest BCUT2D eigenvalue weighted by molar-refractivity contribution is 6.02. The normalized spacial score (nSPS) is 22.2. The van der Waals surface area contributed by atoms with Crippen LogP contribution in [0.3, 0.4) is 0 Å². The Morgan fingerprint density at radius 3 is 2.51 bits per heavy atom. The summed E-state index contributed by atoms with van der Waals surface area (Å²) in [6.45, 7) is 11.4. The Morgan fingerprint density at radius 1 is 1.00 bits per heavy atom. The molecule has 0 spiro atoms. The van der Waals surface area contributed by atoms with E-state index < -0.39 is 17.8 Å². The molecule has 7 rings (SSSR count). The molecule has 1 aliphatic carbocycles. The Hall–Kier alpha value is -4.40. The first-order chi connectivity index (χ1) is 24.6. The maximum Gasteiger partial charge on any atom is 0.416 e. The molecule has 0 unspecified atom stereocenters. The molecule has 11 nitrogen and oxygen atoms in total. The van der Waals surface area contributed by atoms with Crippen molar-refractivity contribution in [2.75, 3.05) is 67.0 Å². The molecule has 2 atom stereocenters. The molecule has 3 aliphatic heterocycles. The van der Waals surface area contributed by atoms with Crippen LogP contribution in [0.15, 0.2) is 61.4 Å². The molecule has 1 aromatic heterocycles. The van der Waals surface area contributed by atoms with Gasteiger partial charge in [-0.05, 0) is 62.4 Å². The number of rotatable bonds is 10. The van der Waals surface area contributed by atoms with E-state index in [0.717, 1.165) is 69.4 Å². The lowest BCUT2D eigenvalue weighted by atomic mass is 9.99. The number of hydrogen-bond donors (Lipinski definition) is 2. The Morgan fingerprint density at radius 2 is 1.80 bits per heavy atom. The van der Waals surface area contributed by atoms with Gasteiger partial charge in [-0.2, -0.15) is 13.2 Å². The summed E-state index contributed by atoms with van der Waals surface area (Å²) >= 11 is 0. The van der Waals surface area contributed by atoms with Gasteiger partial charge in [-0.25, -0.2) is 15.0 Å². The summed E-state index contributed by atoms with van der Waals surface area (Å²) in [6.07, 6.45) is 3.36. The topological polar surface area (TPSA) is 98.3 Å². The summed E-state index contributed by atoms with van der Waals surface area (Å²) in [5, 5.41) is 7.79. The number of aromatic nitrogens is 2. The van der Waals surface area contributed by atoms with E-state index in [-0.39, 0.29) is 5.91 Å². The van der Waals surface area contributed by atoms with Crippen molar-refractivity contribution in [3.8, 4) is 5.75 Å². The van der Waals surface area contributed by atoms with Gasteiger partial charge in [0.2, 0.25) is 5.91 Å². The zero-order chi connectivity index (χ0) is 35.7. The number of carbonyl (C=O) groups is 1. The number of benzene rings is 2. The van der Waals surface area contributed by atoms with Crippen LogP contribution in [0.1, 0.15) is 56.2 Å². The number of piperidine rings is 1. The molecule has 2 aromatic carbocycles. The third kappa shape index (κ3) is 7.77. The second-order valence-electron chi connectivity index (χ2n) is 13.8. The first kappa shape index (κ1) is 35.0. The molecule has 4 heterocycles. The maximum atomic E-state index is 13.5. The van der Waals surface area contributed by atoms with Crippen LogP contribution in [-0.2, 0) is 15.8 Å². The van der Waals surface area contributed by atoms with E-state index in [1.165, 1.54) is 36.4 Å². The van der Waals surface area contributed by atoms with Crippen molar-refractivity contribution in [1.82, 2.24) is 19.8 Å². The first-order valence-electron chi connectivity index (χ1n) is 17.7. The minimum Gasteiger partial charge on any atom is -0.494 e. The zero-order valence-corrected chi connectivity index (χ0v) is 29.0. The van der Waals surface area contributed by atoms with Crippen LogP contribution in [0.5, 0.6) is 5.75 Å². The molecule has 0 bridgehead atoms. The van der Waals surface area contributed by atoms with Crippen LogP contribution in [0, 0.1) is 0 Å². The zero-order valence-electron chi connectivity index (χ0n) is 29.0. The van der Waals surface area contributed by atoms with Gasteiger partial charge in [0.25, 0.3) is 0 Å². The summed E-state index contributed by atoms with van der Waals surface area (Å²) in [6, 6.07) is 12.1. The van der Waals surface area contributed by atoms with Crippen LogP contribution < -0.4 is 25.3 Å². The Bertz CT molecular complexity index is 1730. The third-order valence-electron chi connectivity index (χ3n) is 10.5. The Kier molecular flexibility index (Phi) is 10.1. The number of anilines is 5. The molecule has 0 radical (unpaired) electrons. The van der Waals surface area contributed by atoms with Crippen molar-refractivity contribution >= 4 is 34.6 Å². The van der Waals surface area contributed by atoms with Gasteiger partial charge in [-0.3, -0.25) is 19.4 Å². The highest BCUT2D eigenvalue weighted by Crippen LogP contribution is 2.41. The van der Waals surface area contributed by atoms with E-state index in [2.05, 4.69) is 48.8 Å². The van der Waals surface area contributed by atoms with Crippen molar-refractivity contribution in [2.45, 2.75) is 69.4 Å². The number of hydroxylamine groups is 1. The predicted octanol–water partition coefficient (Wildman–Crippen LogP) is 6.39. The average Bonchev–Trinajstić information content (AvgIpc) is 3.86. The van der Waals surface area contributed by atoms with Gasteiger partial charge < -0.3 is 20.3 Å². The molecular weight excluding hydrogens is 661 g/mol. The second kappa shape index (κ2) is 14.7. The SMILES string of the molecule is C=CC(=O)Nc1cc(Nc2cc(N3OCC[C@@H]3c3cccc(C(F)(F)F)c3)ncn2)c(OC)cc1N1CCC(N2CCN(C3CC3)[C@@H](C)C2)CC1. The molecule has 3 saturated heterocycles. The molecule has 2 N–H and O–H groups in total. The fourth-order valence-electron chi connectivity index (χ4n) is 7.73. The summed E-state index contributed by atoms with van der Waals surface area (Å²) < 4.78 is 46.2. The van der Waals surface area contributed by atoms with Crippen molar-refractivity contribution in [1.29, 1.82) is 0 Å². The molecule has 14 heteroatoms. The minimum absolute atomic E-state index is 0.322. The van der Waals surface area contributed by atoms with E-state index in [4.69, 9.17) is 9.57 Å². The third-order valence-corrected chi connectivity index (χ3v) is 10.5. The van der Waals surface area contributed by atoms with Crippen molar-refractivity contribution in [3.05, 3.63) is 72.6 Å². The smallest absolute Gasteiger partial charge is 0.416 e. The van der Waals surface area contributed by atoms with Gasteiger partial charge in [0.15, 0.2) is 5.82 Å². The predicted molar refractivity (Wildman–Crippen MR) is 190 cm³/mol. The van der Waals surface area contributed by atoms with Gasteiger partial charge in [-0.15, -0.1) is 0 Å². The first-order valence-corrected chi connectivity index (χ1v) is 17.7. The molecule has 1 saturated carbocycles. The Balaban J connectivity index is 1.08. The number of carbonyl (C=O) groups excluding carboxylic acids is 1. The maximum absolute atomic E-state index is 13.5. The quantitative estimate of drug-likeness (QED) is 0.231. The number of amides is 1. The van der Waals surface area contributed by atoms with E-state index in [1.54, 1.807) is 19.2 Å². The van der Waals surface area contributed by atoms with E-state index in [0.29, 0.717) is 59.4 Å². The van der Waals surface area contributed by atoms with Crippen LogP contribution in [0.2, 0.25) is 0 Å². The molecule has 1 amide bonds. The average molecular weight is 707 g/mol. The van der Waals surface area contributed by atoms with Crippen molar-refractivity contribution in [2.24, 2.45) is 0 Å². The van der Waals surface area contributed by atoms with Gasteiger partial charge in [0, 0.05) is 69.4 Å². The monoisotopic (exact) mass is 706 g/mol. The molecule has 3 aromatic rings. The van der Waals surface area contributed by atoms with E-state index in [9.17, 15) is 18.0 Å². The van der Waals surface area contributed by atoms with Crippen LogP contribution in [0.25, 0.3) is 0 Å². The van der Waals surface area contributed by atoms with Gasteiger partial charge in [-0.1, -0.05) is 18.7 Å². The van der Waals surface area contributed by atoms with Gasteiger partial charge in [0.05, 0.1) is 42.4 Å². The van der Waals surface area contributed by atoms with Crippen LogP contribution in [0.4, 0.5) is 41.9 Å². The standard InChI is InChI=1S/C37H45F3N8O3/c1-4-36(49)44-29-19-30(33(50-3)20-32(29)45-13-10-27(11-14-45)46-15-16-47(24(2)22-46)28-8-9-28)43-34-21-35(42-23-41-34)48-31(12-17-51-48)25-6-5-7-26(18-25)37(38,39)40/h4-7,18-21,23-24,27-28,31H,1,8-17,22H2,2-3H3,(H,44,49)(H,41,42,43)/t24-,31+/m0/s1. The lowest BCUT2D eigenvalue weighted by molar-refractivity contribution is -0.137. The lowest BCUT2D eigenvalue weighted by Crippen LogP contribution is -2.57. The second-order valence-corrected chi connectivity index (χ2v) is 13.8. The van der Waals surface area contributed by atoms with Crippen LogP contribution in [-0.4, -0.2) is 90.2 Å². The highest BCUT2D eigenvalue weighted by Gasteiger charge is 2.38. The summed E-state index contributed by atoms with van der Waals surface area (Å²) in [5.41, 5.74) is 1.78. The molecule has 51 heavy (non-hydrogen) atoms. The largest absolute Gasteiger partial charge is 0.494 e. The summed E-state index contributed by atoms with van der Waals surface area (Å²) in [4.78, 5) is 34.9. The molecule has 4 aliphatic rings. The number of halogens is 3. The number of hydrogen-bond acceptors (Lipinski definition) is 10. The minimum atomic E-state index is -4.45. The number of methoxy groups -OCH3 is 1. The fraction of sp³-hybridized carbons (Fsp3) is 0.486. The number of nitrogens with one attached hydrogen (secondary N) is 2. The summed E-state index contributed by atoms with van der Waals surface area (Å²) in [7, 11) is 1.59. The molecular formula is C37H45F3N8O3. The lowest BCUT2D eigenvalue weighted by Gasteiger charge is -2.46. The molecule has 4 fully saturated rings. The van der Waals surface area contributed by atoms with Crippen LogP contribution >= 0.6 is 0 Å². The molecule has 272 valence electrons. The number of nitrogens with zero attached hydrogens (tertiary/aromatic N) is 6. The number of alkyl halides is 3. The fourth-order valence-corrected chi connectivity index (χ4v) is 7.73. The van der Waals surface area contributed by atoms with Gasteiger partial charge >= 0.3 is 6.18 Å². The Labute approximate surface area is 296 Å². The highest BCUT2D eigenvalue weighted by atomic mass is 19.4. The number of ether oxygens (including phenoxy) is 1. The van der Waals surface area contributed by atoms with E-state index in [1.807, 2.05) is 12.1 Å². The van der Waals surface area contributed by atoms with Gasteiger partial charge in [0.1, 0.15) is 17.9 Å². The van der Waals surface area contributed by atoms with Crippen molar-refractivity contribution in [3.63, 3.8) is 0 Å². The van der Waals surface area contributed by atoms with E-state index >= 15 is 0 Å². The van der Waals surface area contributed by atoms with Crippen molar-refractivity contribution < 1.29 is 27.5 Å².